The fraction of sp³-hybridized carbons (Fsp3) is 0.417. The van der Waals surface area contributed by atoms with Gasteiger partial charge in [-0.05, 0) is 41.4 Å². The molecule has 0 saturated carbocycles. The Hall–Kier alpha value is -0.650. The number of hydrogen-bond acceptors (Lipinski definition) is 3. The predicted octanol–water partition coefficient (Wildman–Crippen LogP) is 2.33. The van der Waals surface area contributed by atoms with Gasteiger partial charge in [0.15, 0.2) is 0 Å². The second-order valence-electron chi connectivity index (χ2n) is 3.67. The van der Waals surface area contributed by atoms with E-state index in [1.54, 1.807) is 17.4 Å². The zero-order valence-corrected chi connectivity index (χ0v) is 12.2. The third-order valence-electron chi connectivity index (χ3n) is 2.26. The zero-order valence-electron chi connectivity index (χ0n) is 9.83. The lowest BCUT2D eigenvalue weighted by Gasteiger charge is -2.12. The lowest BCUT2D eigenvalue weighted by molar-refractivity contribution is -0.122. The van der Waals surface area contributed by atoms with E-state index in [-0.39, 0.29) is 11.9 Å². The minimum absolute atomic E-state index is 0.0114. The summed E-state index contributed by atoms with van der Waals surface area (Å²) in [5.74, 6) is 0.0114. The first kappa shape index (κ1) is 14.4. The molecule has 5 heteroatoms. The number of thiophene rings is 1. The van der Waals surface area contributed by atoms with Gasteiger partial charge in [0.05, 0.1) is 9.83 Å². The number of nitrogens with one attached hydrogen (secondary N) is 2. The fourth-order valence-electron chi connectivity index (χ4n) is 1.32. The summed E-state index contributed by atoms with van der Waals surface area (Å²) in [5.41, 5.74) is 0. The molecular formula is C12H17BrN2OS. The van der Waals surface area contributed by atoms with Gasteiger partial charge in [-0.15, -0.1) is 17.9 Å². The van der Waals surface area contributed by atoms with Crippen LogP contribution >= 0.6 is 27.3 Å². The molecule has 0 saturated heterocycles. The topological polar surface area (TPSA) is 41.1 Å². The Bertz CT molecular complexity index is 378. The van der Waals surface area contributed by atoms with Crippen molar-refractivity contribution in [1.82, 2.24) is 10.6 Å². The fourth-order valence-corrected chi connectivity index (χ4v) is 2.80. The Morgan fingerprint density at radius 3 is 3.00 bits per heavy atom. The highest BCUT2D eigenvalue weighted by Crippen LogP contribution is 2.21. The van der Waals surface area contributed by atoms with Gasteiger partial charge < -0.3 is 10.6 Å². The van der Waals surface area contributed by atoms with Crippen LogP contribution in [0.15, 0.2) is 28.6 Å². The SMILES string of the molecule is C=CCNC(=O)C(C)NCCc1ccc(Br)s1. The molecule has 0 spiro atoms. The molecule has 1 aromatic rings. The van der Waals surface area contributed by atoms with Crippen LogP contribution in [0.1, 0.15) is 11.8 Å². The normalized spacial score (nSPS) is 12.1. The highest BCUT2D eigenvalue weighted by atomic mass is 79.9. The van der Waals surface area contributed by atoms with Crippen molar-refractivity contribution in [3.05, 3.63) is 33.5 Å². The summed E-state index contributed by atoms with van der Waals surface area (Å²) in [6.45, 7) is 6.74. The van der Waals surface area contributed by atoms with Gasteiger partial charge in [0.25, 0.3) is 0 Å². The first-order valence-corrected chi connectivity index (χ1v) is 7.10. The molecule has 0 aromatic carbocycles. The molecular weight excluding hydrogens is 300 g/mol. The van der Waals surface area contributed by atoms with Crippen LogP contribution in [0.3, 0.4) is 0 Å². The predicted molar refractivity (Wildman–Crippen MR) is 76.4 cm³/mol. The zero-order chi connectivity index (χ0) is 12.7. The number of halogens is 1. The molecule has 0 bridgehead atoms. The van der Waals surface area contributed by atoms with Gasteiger partial charge in [0, 0.05) is 18.0 Å². The van der Waals surface area contributed by atoms with E-state index in [9.17, 15) is 4.79 Å². The van der Waals surface area contributed by atoms with Gasteiger partial charge >= 0.3 is 0 Å². The standard InChI is InChI=1S/C12H17BrN2OS/c1-3-7-15-12(16)9(2)14-8-6-10-4-5-11(13)17-10/h3-5,9,14H,1,6-8H2,2H3,(H,15,16). The van der Waals surface area contributed by atoms with E-state index < -0.39 is 0 Å². The summed E-state index contributed by atoms with van der Waals surface area (Å²) in [6, 6.07) is 3.97. The molecule has 1 atom stereocenters. The van der Waals surface area contributed by atoms with Crippen LogP contribution in [-0.4, -0.2) is 25.0 Å². The molecule has 1 heterocycles. The number of rotatable bonds is 7. The van der Waals surface area contributed by atoms with E-state index in [0.29, 0.717) is 6.54 Å². The Balaban J connectivity index is 2.21. The number of hydrogen-bond donors (Lipinski definition) is 2. The molecule has 0 fully saturated rings. The van der Waals surface area contributed by atoms with E-state index in [4.69, 9.17) is 0 Å². The van der Waals surface area contributed by atoms with Crippen LogP contribution in [0.4, 0.5) is 0 Å². The van der Waals surface area contributed by atoms with Crippen LogP contribution < -0.4 is 10.6 Å². The highest BCUT2D eigenvalue weighted by Gasteiger charge is 2.10. The lowest BCUT2D eigenvalue weighted by atomic mass is 10.3. The Morgan fingerprint density at radius 2 is 2.41 bits per heavy atom. The van der Waals surface area contributed by atoms with E-state index >= 15 is 0 Å². The first-order valence-electron chi connectivity index (χ1n) is 5.49. The second-order valence-corrected chi connectivity index (χ2v) is 6.21. The lowest BCUT2D eigenvalue weighted by Crippen LogP contribution is -2.42. The van der Waals surface area contributed by atoms with Crippen molar-refractivity contribution in [2.45, 2.75) is 19.4 Å². The third-order valence-corrected chi connectivity index (χ3v) is 3.95. The summed E-state index contributed by atoms with van der Waals surface area (Å²) in [4.78, 5) is 12.8. The van der Waals surface area contributed by atoms with Crippen molar-refractivity contribution in [3.63, 3.8) is 0 Å². The molecule has 2 N–H and O–H groups in total. The summed E-state index contributed by atoms with van der Waals surface area (Å²) >= 11 is 5.15. The molecule has 1 rings (SSSR count). The maximum absolute atomic E-state index is 11.5. The van der Waals surface area contributed by atoms with E-state index in [0.717, 1.165) is 16.8 Å². The van der Waals surface area contributed by atoms with Crippen molar-refractivity contribution in [2.75, 3.05) is 13.1 Å². The quantitative estimate of drug-likeness (QED) is 0.758. The van der Waals surface area contributed by atoms with Crippen molar-refractivity contribution in [3.8, 4) is 0 Å². The molecule has 0 aliphatic carbocycles. The average Bonchev–Trinajstić information content (AvgIpc) is 2.71. The van der Waals surface area contributed by atoms with Crippen LogP contribution in [0.25, 0.3) is 0 Å². The van der Waals surface area contributed by atoms with Gasteiger partial charge in [0.2, 0.25) is 5.91 Å². The molecule has 0 radical (unpaired) electrons. The Labute approximate surface area is 114 Å². The molecule has 1 aromatic heterocycles. The van der Waals surface area contributed by atoms with Crippen molar-refractivity contribution >= 4 is 33.2 Å². The summed E-state index contributed by atoms with van der Waals surface area (Å²) < 4.78 is 1.14. The first-order chi connectivity index (χ1) is 8.13. The average molecular weight is 317 g/mol. The van der Waals surface area contributed by atoms with Crippen molar-refractivity contribution in [2.24, 2.45) is 0 Å². The van der Waals surface area contributed by atoms with E-state index in [1.165, 1.54) is 4.88 Å². The molecule has 0 aliphatic rings. The second kappa shape index (κ2) is 7.63. The minimum atomic E-state index is -0.168. The molecule has 17 heavy (non-hydrogen) atoms. The van der Waals surface area contributed by atoms with Crippen LogP contribution in [-0.2, 0) is 11.2 Å². The van der Waals surface area contributed by atoms with Crippen LogP contribution in [0.5, 0.6) is 0 Å². The highest BCUT2D eigenvalue weighted by molar-refractivity contribution is 9.11. The van der Waals surface area contributed by atoms with Gasteiger partial charge in [-0.3, -0.25) is 4.79 Å². The summed E-state index contributed by atoms with van der Waals surface area (Å²) in [5, 5.41) is 5.95. The molecule has 1 unspecified atom stereocenters. The van der Waals surface area contributed by atoms with Gasteiger partial charge in [-0.25, -0.2) is 0 Å². The number of carbonyl (C=O) groups is 1. The third kappa shape index (κ3) is 5.48. The van der Waals surface area contributed by atoms with Gasteiger partial charge in [-0.2, -0.15) is 0 Å². The summed E-state index contributed by atoms with van der Waals surface area (Å²) in [7, 11) is 0. The Kier molecular flexibility index (Phi) is 6.47. The maximum Gasteiger partial charge on any atom is 0.237 e. The van der Waals surface area contributed by atoms with Crippen molar-refractivity contribution < 1.29 is 4.79 Å². The largest absolute Gasteiger partial charge is 0.351 e. The summed E-state index contributed by atoms with van der Waals surface area (Å²) in [6.07, 6.45) is 2.61. The smallest absolute Gasteiger partial charge is 0.237 e. The Morgan fingerprint density at radius 1 is 1.65 bits per heavy atom. The molecule has 0 aliphatic heterocycles. The number of carbonyl (C=O) groups excluding carboxylic acids is 1. The van der Waals surface area contributed by atoms with E-state index in [2.05, 4.69) is 39.2 Å². The number of amides is 1. The molecule has 1 amide bonds. The van der Waals surface area contributed by atoms with Gasteiger partial charge in [0.1, 0.15) is 0 Å². The van der Waals surface area contributed by atoms with Crippen LogP contribution in [0, 0.1) is 0 Å². The monoisotopic (exact) mass is 316 g/mol. The molecule has 94 valence electrons. The van der Waals surface area contributed by atoms with Crippen LogP contribution in [0.2, 0.25) is 0 Å². The molecule has 3 nitrogen and oxygen atoms in total. The minimum Gasteiger partial charge on any atom is -0.351 e. The van der Waals surface area contributed by atoms with Crippen molar-refractivity contribution in [1.29, 1.82) is 0 Å². The van der Waals surface area contributed by atoms with Gasteiger partial charge in [-0.1, -0.05) is 6.08 Å². The maximum atomic E-state index is 11.5. The van der Waals surface area contributed by atoms with E-state index in [1.807, 2.05) is 13.0 Å².